The van der Waals surface area contributed by atoms with E-state index in [1.165, 1.54) is 0 Å². The Bertz CT molecular complexity index is 479. The molecule has 1 aromatic carbocycles. The Balaban J connectivity index is 0.00000324. The third-order valence-corrected chi connectivity index (χ3v) is 2.50. The molecule has 0 radical (unpaired) electrons. The Morgan fingerprint density at radius 3 is 2.37 bits per heavy atom. The maximum absolute atomic E-state index is 13.6. The summed E-state index contributed by atoms with van der Waals surface area (Å²) in [6.07, 6.45) is -4.85. The van der Waals surface area contributed by atoms with Gasteiger partial charge in [-0.1, -0.05) is 11.6 Å². The minimum Gasteiger partial charge on any atom is -0.468 e. The fourth-order valence-corrected chi connectivity index (χ4v) is 1.53. The third-order valence-electron chi connectivity index (χ3n) is 2.20. The van der Waals surface area contributed by atoms with Crippen molar-refractivity contribution < 1.29 is 27.1 Å². The molecule has 2 N–H and O–H groups in total. The maximum Gasteiger partial charge on any atom is 0.416 e. The number of rotatable bonds is 2. The van der Waals surface area contributed by atoms with Gasteiger partial charge in [0.25, 0.3) is 0 Å². The van der Waals surface area contributed by atoms with E-state index in [9.17, 15) is 22.4 Å². The Hall–Kier alpha value is -1.05. The van der Waals surface area contributed by atoms with E-state index in [4.69, 9.17) is 17.3 Å². The molecular formula is C10H9Cl2F4NO2. The standard InChI is InChI=1S/C10H8ClF4NO2.ClH/c1-18-9(17)8(16)6-4(10(13,14)15)2-3-5(11)7(6)12;/h2-3,8H,16H2,1H3;1H/t8-;/m1./s1. The van der Waals surface area contributed by atoms with Crippen LogP contribution in [0.25, 0.3) is 0 Å². The van der Waals surface area contributed by atoms with Gasteiger partial charge in [0.1, 0.15) is 11.9 Å². The third kappa shape index (κ3) is 3.71. The lowest BCUT2D eigenvalue weighted by atomic mass is 9.99. The molecule has 0 unspecified atom stereocenters. The van der Waals surface area contributed by atoms with Crippen LogP contribution < -0.4 is 5.73 Å². The predicted octanol–water partition coefficient (Wildman–Crippen LogP) is 3.09. The number of carbonyl (C=O) groups is 1. The summed E-state index contributed by atoms with van der Waals surface area (Å²) >= 11 is 5.38. The van der Waals surface area contributed by atoms with Gasteiger partial charge in [-0.05, 0) is 12.1 Å². The van der Waals surface area contributed by atoms with Gasteiger partial charge in [0.2, 0.25) is 0 Å². The van der Waals surface area contributed by atoms with Crippen LogP contribution in [0.3, 0.4) is 0 Å². The summed E-state index contributed by atoms with van der Waals surface area (Å²) in [7, 11) is 0.928. The highest BCUT2D eigenvalue weighted by atomic mass is 35.5. The molecule has 0 bridgehead atoms. The zero-order chi connectivity index (χ0) is 14.1. The number of methoxy groups -OCH3 is 1. The maximum atomic E-state index is 13.6. The molecule has 0 heterocycles. The molecule has 1 rings (SSSR count). The van der Waals surface area contributed by atoms with Crippen LogP contribution in [-0.2, 0) is 15.7 Å². The van der Waals surface area contributed by atoms with Crippen LogP contribution >= 0.6 is 24.0 Å². The van der Waals surface area contributed by atoms with Crippen LogP contribution in [0.1, 0.15) is 17.2 Å². The van der Waals surface area contributed by atoms with E-state index in [0.29, 0.717) is 6.07 Å². The number of alkyl halides is 3. The van der Waals surface area contributed by atoms with Gasteiger partial charge in [0.15, 0.2) is 0 Å². The first-order valence-electron chi connectivity index (χ1n) is 4.58. The quantitative estimate of drug-likeness (QED) is 0.672. The normalized spacial score (nSPS) is 12.6. The molecule has 9 heteroatoms. The van der Waals surface area contributed by atoms with Crippen molar-refractivity contribution in [1.82, 2.24) is 0 Å². The van der Waals surface area contributed by atoms with Crippen LogP contribution in [0.5, 0.6) is 0 Å². The largest absolute Gasteiger partial charge is 0.468 e. The smallest absolute Gasteiger partial charge is 0.416 e. The van der Waals surface area contributed by atoms with E-state index in [2.05, 4.69) is 4.74 Å². The molecule has 0 amide bonds. The van der Waals surface area contributed by atoms with Gasteiger partial charge in [0.05, 0.1) is 17.7 Å². The van der Waals surface area contributed by atoms with Crippen molar-refractivity contribution in [2.24, 2.45) is 5.73 Å². The summed E-state index contributed by atoms with van der Waals surface area (Å²) in [5.41, 5.74) is 2.86. The summed E-state index contributed by atoms with van der Waals surface area (Å²) in [6, 6.07) is -0.596. The van der Waals surface area contributed by atoms with E-state index < -0.39 is 40.2 Å². The Kier molecular flexibility index (Phi) is 6.05. The molecule has 108 valence electrons. The molecule has 0 aliphatic heterocycles. The fourth-order valence-electron chi connectivity index (χ4n) is 1.36. The molecule has 0 fully saturated rings. The summed E-state index contributed by atoms with van der Waals surface area (Å²) in [4.78, 5) is 11.1. The van der Waals surface area contributed by atoms with Gasteiger partial charge in [-0.2, -0.15) is 13.2 Å². The molecule has 0 spiro atoms. The van der Waals surface area contributed by atoms with Crippen molar-refractivity contribution in [3.8, 4) is 0 Å². The SMILES string of the molecule is COC(=O)[C@H](N)c1c(C(F)(F)F)ccc(Cl)c1F.Cl. The fraction of sp³-hybridized carbons (Fsp3) is 0.300. The first-order valence-corrected chi connectivity index (χ1v) is 4.96. The number of hydrogen-bond acceptors (Lipinski definition) is 3. The highest BCUT2D eigenvalue weighted by Gasteiger charge is 2.38. The van der Waals surface area contributed by atoms with Crippen LogP contribution in [0.2, 0.25) is 5.02 Å². The highest BCUT2D eigenvalue weighted by Crippen LogP contribution is 2.37. The summed E-state index contributed by atoms with van der Waals surface area (Å²) in [6.45, 7) is 0. The Morgan fingerprint density at radius 2 is 1.95 bits per heavy atom. The number of halogens is 6. The molecule has 19 heavy (non-hydrogen) atoms. The zero-order valence-corrected chi connectivity index (χ0v) is 11.0. The van der Waals surface area contributed by atoms with E-state index in [1.807, 2.05) is 0 Å². The average Bonchev–Trinajstić information content (AvgIpc) is 2.29. The first kappa shape index (κ1) is 17.9. The molecule has 0 aromatic heterocycles. The van der Waals surface area contributed by atoms with E-state index in [0.717, 1.165) is 13.2 Å². The van der Waals surface area contributed by atoms with Crippen LogP contribution in [0.4, 0.5) is 17.6 Å². The monoisotopic (exact) mass is 321 g/mol. The molecule has 1 atom stereocenters. The molecule has 3 nitrogen and oxygen atoms in total. The topological polar surface area (TPSA) is 52.3 Å². The molecule has 0 aliphatic rings. The number of nitrogens with two attached hydrogens (primary N) is 1. The Morgan fingerprint density at radius 1 is 1.42 bits per heavy atom. The van der Waals surface area contributed by atoms with Gasteiger partial charge < -0.3 is 10.5 Å². The molecular weight excluding hydrogens is 313 g/mol. The van der Waals surface area contributed by atoms with Crippen molar-refractivity contribution in [2.45, 2.75) is 12.2 Å². The lowest BCUT2D eigenvalue weighted by Crippen LogP contribution is -2.27. The predicted molar refractivity (Wildman–Crippen MR) is 62.6 cm³/mol. The van der Waals surface area contributed by atoms with Crippen LogP contribution in [0, 0.1) is 5.82 Å². The number of hydrogen-bond donors (Lipinski definition) is 1. The molecule has 0 saturated heterocycles. The van der Waals surface area contributed by atoms with Crippen LogP contribution in [-0.4, -0.2) is 13.1 Å². The summed E-state index contributed by atoms with van der Waals surface area (Å²) in [5.74, 6) is -2.58. The minimum absolute atomic E-state index is 0. The van der Waals surface area contributed by atoms with Crippen molar-refractivity contribution >= 4 is 30.0 Å². The summed E-state index contributed by atoms with van der Waals surface area (Å²) in [5, 5.41) is -0.558. The first-order chi connectivity index (χ1) is 8.20. The van der Waals surface area contributed by atoms with Gasteiger partial charge in [-0.15, -0.1) is 12.4 Å². The highest BCUT2D eigenvalue weighted by molar-refractivity contribution is 6.30. The lowest BCUT2D eigenvalue weighted by Gasteiger charge is -2.18. The van der Waals surface area contributed by atoms with Gasteiger partial charge in [0, 0.05) is 5.56 Å². The number of carbonyl (C=O) groups excluding carboxylic acids is 1. The number of ether oxygens (including phenoxy) is 1. The number of benzene rings is 1. The van der Waals surface area contributed by atoms with Crippen molar-refractivity contribution in [1.29, 1.82) is 0 Å². The number of esters is 1. The zero-order valence-electron chi connectivity index (χ0n) is 9.42. The van der Waals surface area contributed by atoms with Crippen LogP contribution in [0.15, 0.2) is 12.1 Å². The molecule has 1 aromatic rings. The molecule has 0 saturated carbocycles. The second-order valence-corrected chi connectivity index (χ2v) is 3.73. The van der Waals surface area contributed by atoms with Gasteiger partial charge in [-0.3, -0.25) is 4.79 Å². The van der Waals surface area contributed by atoms with Gasteiger partial charge in [-0.25, -0.2) is 4.39 Å². The average molecular weight is 322 g/mol. The van der Waals surface area contributed by atoms with E-state index in [1.54, 1.807) is 0 Å². The minimum atomic E-state index is -4.85. The molecule has 0 aliphatic carbocycles. The van der Waals surface area contributed by atoms with E-state index >= 15 is 0 Å². The van der Waals surface area contributed by atoms with E-state index in [-0.39, 0.29) is 12.4 Å². The summed E-state index contributed by atoms with van der Waals surface area (Å²) < 4.78 is 55.8. The van der Waals surface area contributed by atoms with Crippen molar-refractivity contribution in [2.75, 3.05) is 7.11 Å². The van der Waals surface area contributed by atoms with Crippen molar-refractivity contribution in [3.05, 3.63) is 34.1 Å². The Labute approximate surface area is 117 Å². The van der Waals surface area contributed by atoms with Crippen molar-refractivity contribution in [3.63, 3.8) is 0 Å². The lowest BCUT2D eigenvalue weighted by molar-refractivity contribution is -0.144. The second-order valence-electron chi connectivity index (χ2n) is 3.32. The van der Waals surface area contributed by atoms with Gasteiger partial charge >= 0.3 is 12.1 Å². The second kappa shape index (κ2) is 6.40.